The molecule has 1 aromatic rings. The van der Waals surface area contributed by atoms with Gasteiger partial charge in [0, 0.05) is 5.87 Å². The van der Waals surface area contributed by atoms with Gasteiger partial charge in [0.1, 0.15) is 5.75 Å². The number of hydrogen-bond acceptors (Lipinski definition) is 3. The minimum Gasteiger partial charge on any atom is -0.406 e. The first kappa shape index (κ1) is 11.1. The van der Waals surface area contributed by atoms with E-state index in [4.69, 9.17) is 0 Å². The monoisotopic (exact) mass is 216 g/mol. The fraction of sp³-hybridized carbons (Fsp3) is 0.111. The number of nitrogens with zero attached hydrogens (tertiary/aromatic N) is 1. The van der Waals surface area contributed by atoms with Crippen LogP contribution in [0.15, 0.2) is 35.9 Å². The molecule has 0 amide bonds. The summed E-state index contributed by atoms with van der Waals surface area (Å²) in [4.78, 5) is 0. The van der Waals surface area contributed by atoms with Crippen molar-refractivity contribution in [2.45, 2.75) is 6.36 Å². The molecule has 0 saturated carbocycles. The average Bonchev–Trinajstić information content (AvgIpc) is 2.14. The maximum atomic E-state index is 11.8. The molecule has 80 valence electrons. The van der Waals surface area contributed by atoms with E-state index in [0.29, 0.717) is 5.69 Å². The van der Waals surface area contributed by atoms with Gasteiger partial charge in [0.15, 0.2) is 0 Å². The van der Waals surface area contributed by atoms with Crippen LogP contribution in [0, 0.1) is 0 Å². The zero-order chi connectivity index (χ0) is 11.3. The van der Waals surface area contributed by atoms with Crippen LogP contribution in [0.5, 0.6) is 5.75 Å². The molecule has 0 aliphatic carbocycles. The molecule has 0 unspecified atom stereocenters. The molecule has 0 aliphatic rings. The van der Waals surface area contributed by atoms with E-state index >= 15 is 0 Å². The Kier molecular flexibility index (Phi) is 3.36. The fourth-order valence-electron chi connectivity index (χ4n) is 0.835. The summed E-state index contributed by atoms with van der Waals surface area (Å²) >= 11 is 0. The van der Waals surface area contributed by atoms with E-state index in [0.717, 1.165) is 0 Å². The zero-order valence-electron chi connectivity index (χ0n) is 7.51. The average molecular weight is 216 g/mol. The Morgan fingerprint density at radius 3 is 2.33 bits per heavy atom. The van der Waals surface area contributed by atoms with Crippen molar-refractivity contribution >= 4 is 11.6 Å². The lowest BCUT2D eigenvalue weighted by atomic mass is 10.3. The number of alkyl halides is 3. The molecule has 3 nitrogen and oxygen atoms in total. The summed E-state index contributed by atoms with van der Waals surface area (Å²) in [7, 11) is 0. The number of hydrogen-bond donors (Lipinski definition) is 1. The normalized spacial score (nSPS) is 10.3. The van der Waals surface area contributed by atoms with E-state index in [2.05, 4.69) is 27.7 Å². The van der Waals surface area contributed by atoms with Crippen LogP contribution in [-0.2, 0) is 0 Å². The SMILES string of the molecule is C=C=NNc1ccc(OC(F)(F)F)cc1. The molecule has 0 spiro atoms. The van der Waals surface area contributed by atoms with Gasteiger partial charge in [-0.25, -0.2) is 0 Å². The van der Waals surface area contributed by atoms with Crippen LogP contribution in [-0.4, -0.2) is 12.2 Å². The number of benzene rings is 1. The van der Waals surface area contributed by atoms with E-state index in [-0.39, 0.29) is 5.75 Å². The minimum atomic E-state index is -4.67. The highest BCUT2D eigenvalue weighted by molar-refractivity contribution is 5.52. The molecule has 15 heavy (non-hydrogen) atoms. The lowest BCUT2D eigenvalue weighted by molar-refractivity contribution is -0.274. The third-order valence-electron chi connectivity index (χ3n) is 1.35. The Labute approximate surface area is 83.9 Å². The number of ether oxygens (including phenoxy) is 1. The number of halogens is 3. The first-order valence-electron chi connectivity index (χ1n) is 3.85. The zero-order valence-corrected chi connectivity index (χ0v) is 7.51. The first-order chi connectivity index (χ1) is 7.01. The van der Waals surface area contributed by atoms with Gasteiger partial charge in [-0.15, -0.1) is 18.3 Å². The van der Waals surface area contributed by atoms with E-state index in [9.17, 15) is 13.2 Å². The highest BCUT2D eigenvalue weighted by Gasteiger charge is 2.30. The third kappa shape index (κ3) is 4.19. The Hall–Kier alpha value is -1.94. The van der Waals surface area contributed by atoms with Gasteiger partial charge < -0.3 is 4.74 Å². The van der Waals surface area contributed by atoms with Gasteiger partial charge in [-0.3, -0.25) is 5.43 Å². The maximum absolute atomic E-state index is 11.8. The van der Waals surface area contributed by atoms with Crippen LogP contribution < -0.4 is 10.2 Å². The van der Waals surface area contributed by atoms with Gasteiger partial charge >= 0.3 is 6.36 Å². The molecule has 6 heteroatoms. The number of rotatable bonds is 3. The molecule has 0 aromatic heterocycles. The van der Waals surface area contributed by atoms with E-state index < -0.39 is 6.36 Å². The van der Waals surface area contributed by atoms with Crippen LogP contribution in [0.3, 0.4) is 0 Å². The molecule has 0 atom stereocenters. The van der Waals surface area contributed by atoms with Gasteiger partial charge in [0.2, 0.25) is 0 Å². The van der Waals surface area contributed by atoms with Gasteiger partial charge in [-0.2, -0.15) is 0 Å². The molecule has 0 aliphatic heterocycles. The van der Waals surface area contributed by atoms with Crippen LogP contribution in [0.25, 0.3) is 0 Å². The van der Waals surface area contributed by atoms with Crippen molar-refractivity contribution in [3.63, 3.8) is 0 Å². The Bertz CT molecular complexity index is 366. The first-order valence-corrected chi connectivity index (χ1v) is 3.85. The summed E-state index contributed by atoms with van der Waals surface area (Å²) in [5, 5.41) is 3.47. The Morgan fingerprint density at radius 1 is 1.27 bits per heavy atom. The topological polar surface area (TPSA) is 33.6 Å². The smallest absolute Gasteiger partial charge is 0.406 e. The van der Waals surface area contributed by atoms with E-state index in [1.54, 1.807) is 0 Å². The highest BCUT2D eigenvalue weighted by Crippen LogP contribution is 2.23. The second-order valence-electron chi connectivity index (χ2n) is 2.45. The van der Waals surface area contributed by atoms with E-state index in [1.807, 2.05) is 0 Å². The van der Waals surface area contributed by atoms with Crippen LogP contribution in [0.2, 0.25) is 0 Å². The van der Waals surface area contributed by atoms with Gasteiger partial charge in [-0.1, -0.05) is 0 Å². The van der Waals surface area contributed by atoms with Gasteiger partial charge in [-0.05, 0) is 30.8 Å². The highest BCUT2D eigenvalue weighted by atomic mass is 19.4. The molecule has 1 N–H and O–H groups in total. The van der Waals surface area contributed by atoms with Crippen molar-refractivity contribution in [3.05, 3.63) is 30.8 Å². The summed E-state index contributed by atoms with van der Waals surface area (Å²) in [6, 6.07) is 5.13. The fourth-order valence-corrected chi connectivity index (χ4v) is 0.835. The Balaban J connectivity index is 2.68. The summed E-state index contributed by atoms with van der Waals surface area (Å²) in [5.41, 5.74) is 3.01. The molecule has 1 aromatic carbocycles. The molecule has 0 fully saturated rings. The molecule has 0 radical (unpaired) electrons. The number of anilines is 1. The number of hydrazone groups is 1. The predicted molar refractivity (Wildman–Crippen MR) is 49.8 cm³/mol. The van der Waals surface area contributed by atoms with Crippen LogP contribution >= 0.6 is 0 Å². The predicted octanol–water partition coefficient (Wildman–Crippen LogP) is 2.77. The molecule has 0 bridgehead atoms. The summed E-state index contributed by atoms with van der Waals surface area (Å²) in [6.45, 7) is 3.21. The molecule has 1 rings (SSSR count). The van der Waals surface area contributed by atoms with Crippen LogP contribution in [0.4, 0.5) is 18.9 Å². The minimum absolute atomic E-state index is 0.282. The third-order valence-corrected chi connectivity index (χ3v) is 1.35. The van der Waals surface area contributed by atoms with Crippen LogP contribution in [0.1, 0.15) is 0 Å². The van der Waals surface area contributed by atoms with Crippen molar-refractivity contribution in [2.75, 3.05) is 5.43 Å². The second kappa shape index (κ2) is 4.52. The van der Waals surface area contributed by atoms with Crippen molar-refractivity contribution in [3.8, 4) is 5.75 Å². The lowest BCUT2D eigenvalue weighted by Gasteiger charge is -2.08. The van der Waals surface area contributed by atoms with Gasteiger partial charge in [0.25, 0.3) is 0 Å². The molecular weight excluding hydrogens is 209 g/mol. The second-order valence-corrected chi connectivity index (χ2v) is 2.45. The van der Waals surface area contributed by atoms with Crippen molar-refractivity contribution < 1.29 is 17.9 Å². The summed E-state index contributed by atoms with van der Waals surface area (Å²) in [5.74, 6) is 1.94. The lowest BCUT2D eigenvalue weighted by Crippen LogP contribution is -2.16. The maximum Gasteiger partial charge on any atom is 0.573 e. The number of nitrogens with one attached hydrogen (secondary N) is 1. The quantitative estimate of drug-likeness (QED) is 0.622. The van der Waals surface area contributed by atoms with E-state index in [1.165, 1.54) is 24.3 Å². The molecular formula is C9H7F3N2O. The van der Waals surface area contributed by atoms with Crippen molar-refractivity contribution in [2.24, 2.45) is 5.10 Å². The molecule has 0 heterocycles. The standard InChI is InChI=1S/C9H7F3N2O/c1-2-13-14-7-3-5-8(6-4-7)15-9(10,11)12/h3-6,14H,1H2. The summed E-state index contributed by atoms with van der Waals surface area (Å²) in [6.07, 6.45) is -4.67. The Morgan fingerprint density at radius 2 is 1.87 bits per heavy atom. The molecule has 0 saturated heterocycles. The van der Waals surface area contributed by atoms with Gasteiger partial charge in [0.05, 0.1) is 5.69 Å². The van der Waals surface area contributed by atoms with Crippen molar-refractivity contribution in [1.82, 2.24) is 0 Å². The summed E-state index contributed by atoms with van der Waals surface area (Å²) < 4.78 is 39.0. The van der Waals surface area contributed by atoms with Crippen molar-refractivity contribution in [1.29, 1.82) is 0 Å². The largest absolute Gasteiger partial charge is 0.573 e.